The number of hydrogen-bond acceptors (Lipinski definition) is 2. The first-order valence-corrected chi connectivity index (χ1v) is 3.95. The Kier molecular flexibility index (Phi) is 4.75. The van der Waals surface area contributed by atoms with E-state index in [0.717, 1.165) is 11.4 Å². The number of nitrogens with zero attached hydrogens (tertiary/aromatic N) is 1. The second-order valence-corrected chi connectivity index (χ2v) is 2.24. The lowest BCUT2D eigenvalue weighted by Gasteiger charge is -1.99. The van der Waals surface area contributed by atoms with Crippen LogP contribution >= 0.6 is 22.6 Å². The van der Waals surface area contributed by atoms with Crippen LogP contribution in [0.2, 0.25) is 0 Å². The van der Waals surface area contributed by atoms with Crippen LogP contribution in [0.15, 0.2) is 16.4 Å². The quantitative estimate of drug-likeness (QED) is 0.576. The van der Waals surface area contributed by atoms with Gasteiger partial charge >= 0.3 is 0 Å². The van der Waals surface area contributed by atoms with Crippen LogP contribution in [0.4, 0.5) is 0 Å². The van der Waals surface area contributed by atoms with E-state index < -0.39 is 0 Å². The molecule has 0 aliphatic rings. The highest BCUT2D eigenvalue weighted by atomic mass is 127. The molecule has 3 heteroatoms. The van der Waals surface area contributed by atoms with Gasteiger partial charge in [-0.2, -0.15) is 0 Å². The first-order chi connectivity index (χ1) is 4.22. The molecule has 0 saturated heterocycles. The SMILES string of the molecule is CN/C(C)=C(C)\N=C/I. The van der Waals surface area contributed by atoms with Gasteiger partial charge in [-0.3, -0.25) is 4.99 Å². The lowest BCUT2D eigenvalue weighted by molar-refractivity contribution is 0.951. The van der Waals surface area contributed by atoms with Gasteiger partial charge in [0.25, 0.3) is 0 Å². The molecular formula is C6H11IN2. The summed E-state index contributed by atoms with van der Waals surface area (Å²) < 4.78 is 1.76. The number of rotatable bonds is 2. The van der Waals surface area contributed by atoms with Gasteiger partial charge in [0.2, 0.25) is 0 Å². The zero-order valence-electron chi connectivity index (χ0n) is 5.90. The maximum atomic E-state index is 4.07. The topological polar surface area (TPSA) is 24.4 Å². The van der Waals surface area contributed by atoms with Crippen LogP contribution in [0.5, 0.6) is 0 Å². The zero-order valence-corrected chi connectivity index (χ0v) is 8.06. The van der Waals surface area contributed by atoms with Crippen molar-refractivity contribution in [2.45, 2.75) is 13.8 Å². The Morgan fingerprint density at radius 2 is 2.11 bits per heavy atom. The summed E-state index contributed by atoms with van der Waals surface area (Å²) in [6, 6.07) is 0. The Hall–Kier alpha value is -0.0600. The van der Waals surface area contributed by atoms with Crippen molar-refractivity contribution in [2.75, 3.05) is 7.05 Å². The van der Waals surface area contributed by atoms with Gasteiger partial charge in [-0.1, -0.05) is 0 Å². The van der Waals surface area contributed by atoms with Crippen LogP contribution < -0.4 is 5.32 Å². The third-order valence-electron chi connectivity index (χ3n) is 1.16. The predicted molar refractivity (Wildman–Crippen MR) is 49.9 cm³/mol. The average molecular weight is 238 g/mol. The van der Waals surface area contributed by atoms with Gasteiger partial charge in [0, 0.05) is 12.7 Å². The Labute approximate surface area is 69.6 Å². The van der Waals surface area contributed by atoms with E-state index in [4.69, 9.17) is 0 Å². The van der Waals surface area contributed by atoms with Crippen LogP contribution in [-0.4, -0.2) is 11.3 Å². The van der Waals surface area contributed by atoms with Gasteiger partial charge in [-0.25, -0.2) is 0 Å². The number of aliphatic imine (C=N–C) groups is 1. The monoisotopic (exact) mass is 238 g/mol. The first kappa shape index (κ1) is 8.94. The molecule has 0 aromatic heterocycles. The van der Waals surface area contributed by atoms with Crippen molar-refractivity contribution in [3.05, 3.63) is 11.4 Å². The molecule has 0 fully saturated rings. The summed E-state index contributed by atoms with van der Waals surface area (Å²) >= 11 is 2.10. The van der Waals surface area contributed by atoms with E-state index in [1.165, 1.54) is 0 Å². The standard InChI is InChI=1S/C6H11IN2/c1-5(8-3)6(2)9-4-7/h4,8H,1-3H3/b6-5-,9-4-. The number of halogens is 1. The van der Waals surface area contributed by atoms with E-state index in [-0.39, 0.29) is 0 Å². The molecule has 9 heavy (non-hydrogen) atoms. The smallest absolute Gasteiger partial charge is 0.0655 e. The molecule has 0 amide bonds. The van der Waals surface area contributed by atoms with Crippen LogP contribution in [0, 0.1) is 0 Å². The molecule has 0 atom stereocenters. The highest BCUT2D eigenvalue weighted by molar-refractivity contribution is 14.1. The fourth-order valence-corrected chi connectivity index (χ4v) is 0.769. The van der Waals surface area contributed by atoms with Crippen molar-refractivity contribution >= 4 is 26.8 Å². The molecule has 0 unspecified atom stereocenters. The summed E-state index contributed by atoms with van der Waals surface area (Å²) in [6.45, 7) is 3.97. The van der Waals surface area contributed by atoms with Crippen LogP contribution in [-0.2, 0) is 0 Å². The largest absolute Gasteiger partial charge is 0.390 e. The summed E-state index contributed by atoms with van der Waals surface area (Å²) in [5, 5.41) is 3.01. The summed E-state index contributed by atoms with van der Waals surface area (Å²) in [7, 11) is 1.89. The maximum absolute atomic E-state index is 4.07. The zero-order chi connectivity index (χ0) is 7.28. The molecule has 2 nitrogen and oxygen atoms in total. The van der Waals surface area contributed by atoms with Gasteiger partial charge in [0.1, 0.15) is 0 Å². The Morgan fingerprint density at radius 3 is 2.44 bits per heavy atom. The molecule has 0 aliphatic carbocycles. The summed E-state index contributed by atoms with van der Waals surface area (Å²) in [5.41, 5.74) is 2.15. The summed E-state index contributed by atoms with van der Waals surface area (Å²) in [4.78, 5) is 4.07. The van der Waals surface area contributed by atoms with Crippen molar-refractivity contribution in [1.29, 1.82) is 0 Å². The maximum Gasteiger partial charge on any atom is 0.0655 e. The van der Waals surface area contributed by atoms with E-state index in [0.29, 0.717) is 0 Å². The molecule has 0 spiro atoms. The molecule has 0 aromatic carbocycles. The van der Waals surface area contributed by atoms with Crippen molar-refractivity contribution in [1.82, 2.24) is 5.32 Å². The molecule has 0 rings (SSSR count). The van der Waals surface area contributed by atoms with E-state index in [1.54, 1.807) is 4.22 Å². The van der Waals surface area contributed by atoms with Crippen molar-refractivity contribution in [3.8, 4) is 0 Å². The molecule has 0 aliphatic heterocycles. The van der Waals surface area contributed by atoms with E-state index in [2.05, 4.69) is 32.9 Å². The Morgan fingerprint density at radius 1 is 1.56 bits per heavy atom. The van der Waals surface area contributed by atoms with Crippen molar-refractivity contribution in [2.24, 2.45) is 4.99 Å². The minimum Gasteiger partial charge on any atom is -0.390 e. The van der Waals surface area contributed by atoms with Crippen molar-refractivity contribution < 1.29 is 0 Å². The summed E-state index contributed by atoms with van der Waals surface area (Å²) in [6.07, 6.45) is 0. The minimum atomic E-state index is 1.03. The van der Waals surface area contributed by atoms with Gasteiger partial charge in [-0.05, 0) is 36.4 Å². The molecular weight excluding hydrogens is 227 g/mol. The number of hydrogen-bond donors (Lipinski definition) is 1. The lowest BCUT2D eigenvalue weighted by atomic mass is 10.4. The molecule has 0 aromatic rings. The molecule has 1 N–H and O–H groups in total. The molecule has 0 saturated carbocycles. The highest BCUT2D eigenvalue weighted by Gasteiger charge is 1.87. The molecule has 0 heterocycles. The van der Waals surface area contributed by atoms with Gasteiger partial charge in [0.15, 0.2) is 0 Å². The second-order valence-electron chi connectivity index (χ2n) is 1.69. The summed E-state index contributed by atoms with van der Waals surface area (Å²) in [5.74, 6) is 0. The molecule has 0 bridgehead atoms. The highest BCUT2D eigenvalue weighted by Crippen LogP contribution is 1.99. The molecule has 52 valence electrons. The number of allylic oxidation sites excluding steroid dienone is 2. The van der Waals surface area contributed by atoms with E-state index in [1.807, 2.05) is 20.9 Å². The second kappa shape index (κ2) is 4.78. The molecule has 0 radical (unpaired) electrons. The number of nitrogens with one attached hydrogen (secondary N) is 1. The fraction of sp³-hybridized carbons (Fsp3) is 0.500. The lowest BCUT2D eigenvalue weighted by Crippen LogP contribution is -2.03. The average Bonchev–Trinajstić information content (AvgIpc) is 1.87. The third-order valence-corrected chi connectivity index (χ3v) is 1.44. The van der Waals surface area contributed by atoms with E-state index in [9.17, 15) is 0 Å². The van der Waals surface area contributed by atoms with Crippen LogP contribution in [0.1, 0.15) is 13.8 Å². The predicted octanol–water partition coefficient (Wildman–Crippen LogP) is 1.92. The van der Waals surface area contributed by atoms with Crippen LogP contribution in [0.25, 0.3) is 0 Å². The Bertz CT molecular complexity index is 138. The van der Waals surface area contributed by atoms with Crippen LogP contribution in [0.3, 0.4) is 0 Å². The minimum absolute atomic E-state index is 1.03. The normalized spacial score (nSPS) is 13.8. The third kappa shape index (κ3) is 3.51. The first-order valence-electron chi connectivity index (χ1n) is 2.70. The van der Waals surface area contributed by atoms with Crippen molar-refractivity contribution in [3.63, 3.8) is 0 Å². The van der Waals surface area contributed by atoms with Gasteiger partial charge < -0.3 is 5.32 Å². The fourth-order valence-electron chi connectivity index (χ4n) is 0.351. The van der Waals surface area contributed by atoms with Gasteiger partial charge in [0.05, 0.1) is 9.92 Å². The Balaban J connectivity index is 4.10. The van der Waals surface area contributed by atoms with E-state index >= 15 is 0 Å². The van der Waals surface area contributed by atoms with Gasteiger partial charge in [-0.15, -0.1) is 0 Å².